The molecule has 1 aliphatic heterocycles. The minimum atomic E-state index is -4.46. The van der Waals surface area contributed by atoms with E-state index in [-0.39, 0.29) is 5.69 Å². The molecule has 1 fully saturated rings. The van der Waals surface area contributed by atoms with Gasteiger partial charge in [-0.25, -0.2) is 0 Å². The monoisotopic (exact) mass is 328 g/mol. The Morgan fingerprint density at radius 1 is 1.26 bits per heavy atom. The number of hydrogen-bond acceptors (Lipinski definition) is 3. The van der Waals surface area contributed by atoms with Crippen molar-refractivity contribution in [2.24, 2.45) is 0 Å². The van der Waals surface area contributed by atoms with Crippen molar-refractivity contribution < 1.29 is 22.7 Å². The normalized spacial score (nSPS) is 15.3. The second-order valence-electron chi connectivity index (χ2n) is 5.54. The van der Waals surface area contributed by atoms with Crippen LogP contribution in [0.1, 0.15) is 19.4 Å². The van der Waals surface area contributed by atoms with E-state index in [0.717, 1.165) is 17.7 Å². The maximum Gasteiger partial charge on any atom is 0.416 e. The number of morpholine rings is 1. The first-order valence-corrected chi connectivity index (χ1v) is 7.27. The molecule has 126 valence electrons. The van der Waals surface area contributed by atoms with E-state index in [2.05, 4.69) is 5.32 Å². The van der Waals surface area contributed by atoms with Crippen LogP contribution in [0.2, 0.25) is 0 Å². The van der Waals surface area contributed by atoms with Crippen LogP contribution in [0.4, 0.5) is 24.5 Å². The van der Waals surface area contributed by atoms with Gasteiger partial charge in [0.2, 0.25) is 5.91 Å². The van der Waals surface area contributed by atoms with Crippen LogP contribution < -0.4 is 10.2 Å². The van der Waals surface area contributed by atoms with E-state index < -0.39 is 17.6 Å². The molecule has 1 aromatic rings. The highest BCUT2D eigenvalue weighted by atomic mass is 19.4. The van der Waals surface area contributed by atoms with Crippen LogP contribution in [0.5, 0.6) is 0 Å². The summed E-state index contributed by atoms with van der Waals surface area (Å²) in [5, 5.41) is 2.55. The van der Waals surface area contributed by atoms with Crippen molar-refractivity contribution in [1.82, 2.24) is 0 Å². The molecule has 0 spiro atoms. The Morgan fingerprint density at radius 2 is 1.91 bits per heavy atom. The highest BCUT2D eigenvalue weighted by Crippen LogP contribution is 2.35. The molecule has 1 aromatic carbocycles. The zero-order valence-corrected chi connectivity index (χ0v) is 13.0. The number of halogens is 3. The molecule has 0 radical (unpaired) electrons. The number of carbonyl (C=O) groups is 1. The summed E-state index contributed by atoms with van der Waals surface area (Å²) >= 11 is 0. The van der Waals surface area contributed by atoms with Crippen molar-refractivity contribution in [3.63, 3.8) is 0 Å². The lowest BCUT2D eigenvalue weighted by Crippen LogP contribution is -2.36. The van der Waals surface area contributed by atoms with Crippen molar-refractivity contribution in [2.75, 3.05) is 36.5 Å². The molecule has 1 heterocycles. The van der Waals surface area contributed by atoms with E-state index in [0.29, 0.717) is 32.0 Å². The number of nitrogens with zero attached hydrogens (tertiary/aromatic N) is 1. The number of carbonyl (C=O) groups excluding carboxylic acids is 1. The van der Waals surface area contributed by atoms with Gasteiger partial charge in [-0.3, -0.25) is 4.79 Å². The molecule has 0 aromatic heterocycles. The van der Waals surface area contributed by atoms with Crippen LogP contribution in [0.25, 0.3) is 0 Å². The molecule has 1 aliphatic rings. The Morgan fingerprint density at radius 3 is 2.48 bits per heavy atom. The van der Waals surface area contributed by atoms with E-state index in [1.807, 2.05) is 4.90 Å². The molecule has 23 heavy (non-hydrogen) atoms. The SMILES string of the molecule is CC(C)=CC(=O)Nc1cc(C(F)(F)F)ccc1N1CCOCC1. The highest BCUT2D eigenvalue weighted by Gasteiger charge is 2.31. The van der Waals surface area contributed by atoms with Crippen LogP contribution in [0, 0.1) is 0 Å². The fraction of sp³-hybridized carbons (Fsp3) is 0.438. The predicted octanol–water partition coefficient (Wildman–Crippen LogP) is 3.45. The second kappa shape index (κ2) is 7.04. The molecule has 1 N–H and O–H groups in total. The number of anilines is 2. The summed E-state index contributed by atoms with van der Waals surface area (Å²) in [4.78, 5) is 13.8. The summed E-state index contributed by atoms with van der Waals surface area (Å²) in [5.41, 5.74) is 0.699. The number of rotatable bonds is 3. The van der Waals surface area contributed by atoms with Crippen molar-refractivity contribution in [1.29, 1.82) is 0 Å². The lowest BCUT2D eigenvalue weighted by atomic mass is 10.1. The minimum Gasteiger partial charge on any atom is -0.378 e. The fourth-order valence-corrected chi connectivity index (χ4v) is 2.32. The Kier molecular flexibility index (Phi) is 5.30. The van der Waals surface area contributed by atoms with Crippen LogP contribution in [0.15, 0.2) is 29.8 Å². The third kappa shape index (κ3) is 4.72. The molecule has 1 saturated heterocycles. The summed E-state index contributed by atoms with van der Waals surface area (Å²) in [7, 11) is 0. The number of alkyl halides is 3. The summed E-state index contributed by atoms with van der Waals surface area (Å²) < 4.78 is 44.0. The van der Waals surface area contributed by atoms with E-state index in [1.54, 1.807) is 13.8 Å². The standard InChI is InChI=1S/C16H19F3N2O2/c1-11(2)9-15(22)20-13-10-12(16(17,18)19)3-4-14(13)21-5-7-23-8-6-21/h3-4,9-10H,5-8H2,1-2H3,(H,20,22). The Balaban J connectivity index is 2.36. The predicted molar refractivity (Wildman–Crippen MR) is 82.5 cm³/mol. The summed E-state index contributed by atoms with van der Waals surface area (Å²) in [6.07, 6.45) is -3.11. The Bertz CT molecular complexity index is 602. The minimum absolute atomic E-state index is 0.157. The maximum absolute atomic E-state index is 12.9. The lowest BCUT2D eigenvalue weighted by Gasteiger charge is -2.30. The highest BCUT2D eigenvalue weighted by molar-refractivity contribution is 6.02. The molecular weight excluding hydrogens is 309 g/mol. The smallest absolute Gasteiger partial charge is 0.378 e. The van der Waals surface area contributed by atoms with Crippen molar-refractivity contribution in [2.45, 2.75) is 20.0 Å². The zero-order valence-electron chi connectivity index (χ0n) is 13.0. The van der Waals surface area contributed by atoms with Gasteiger partial charge >= 0.3 is 6.18 Å². The number of benzene rings is 1. The molecule has 0 atom stereocenters. The van der Waals surface area contributed by atoms with Gasteiger partial charge in [0, 0.05) is 19.2 Å². The van der Waals surface area contributed by atoms with Gasteiger partial charge in [0.15, 0.2) is 0 Å². The number of ether oxygens (including phenoxy) is 1. The van der Waals surface area contributed by atoms with Crippen molar-refractivity contribution in [3.05, 3.63) is 35.4 Å². The number of hydrogen-bond donors (Lipinski definition) is 1. The van der Waals surface area contributed by atoms with Gasteiger partial charge in [-0.1, -0.05) is 5.57 Å². The fourth-order valence-electron chi connectivity index (χ4n) is 2.32. The molecule has 1 amide bonds. The molecule has 2 rings (SSSR count). The van der Waals surface area contributed by atoms with E-state index in [4.69, 9.17) is 4.74 Å². The quantitative estimate of drug-likeness (QED) is 0.864. The van der Waals surface area contributed by atoms with Gasteiger partial charge in [0.1, 0.15) is 0 Å². The van der Waals surface area contributed by atoms with Crippen LogP contribution >= 0.6 is 0 Å². The van der Waals surface area contributed by atoms with Crippen LogP contribution in [0.3, 0.4) is 0 Å². The average molecular weight is 328 g/mol. The summed E-state index contributed by atoms with van der Waals surface area (Å²) in [6, 6.07) is 3.40. The van der Waals surface area contributed by atoms with Gasteiger partial charge < -0.3 is 15.0 Å². The Hall–Kier alpha value is -2.02. The number of allylic oxidation sites excluding steroid dienone is 1. The molecule has 4 nitrogen and oxygen atoms in total. The van der Waals surface area contributed by atoms with Crippen LogP contribution in [-0.2, 0) is 15.7 Å². The maximum atomic E-state index is 12.9. The van der Waals surface area contributed by atoms with E-state index in [1.165, 1.54) is 12.1 Å². The lowest BCUT2D eigenvalue weighted by molar-refractivity contribution is -0.137. The third-order valence-electron chi connectivity index (χ3n) is 3.35. The molecular formula is C16H19F3N2O2. The van der Waals surface area contributed by atoms with Crippen molar-refractivity contribution >= 4 is 17.3 Å². The van der Waals surface area contributed by atoms with Gasteiger partial charge in [0.05, 0.1) is 30.2 Å². The number of amides is 1. The van der Waals surface area contributed by atoms with E-state index >= 15 is 0 Å². The van der Waals surface area contributed by atoms with Crippen LogP contribution in [-0.4, -0.2) is 32.2 Å². The van der Waals surface area contributed by atoms with Crippen molar-refractivity contribution in [3.8, 4) is 0 Å². The summed E-state index contributed by atoms with van der Waals surface area (Å²) in [5.74, 6) is -0.446. The topological polar surface area (TPSA) is 41.6 Å². The second-order valence-corrected chi connectivity index (χ2v) is 5.54. The molecule has 0 aliphatic carbocycles. The van der Waals surface area contributed by atoms with Gasteiger partial charge in [-0.15, -0.1) is 0 Å². The number of nitrogens with one attached hydrogen (secondary N) is 1. The molecule has 7 heteroatoms. The third-order valence-corrected chi connectivity index (χ3v) is 3.35. The van der Waals surface area contributed by atoms with Gasteiger partial charge in [0.25, 0.3) is 0 Å². The summed E-state index contributed by atoms with van der Waals surface area (Å²) in [6.45, 7) is 5.63. The van der Waals surface area contributed by atoms with E-state index in [9.17, 15) is 18.0 Å². The first-order chi connectivity index (χ1) is 10.8. The molecule has 0 unspecified atom stereocenters. The Labute approximate surface area is 132 Å². The zero-order chi connectivity index (χ0) is 17.0. The first kappa shape index (κ1) is 17.3. The first-order valence-electron chi connectivity index (χ1n) is 7.27. The average Bonchev–Trinajstić information content (AvgIpc) is 2.46. The van der Waals surface area contributed by atoms with Gasteiger partial charge in [-0.2, -0.15) is 13.2 Å². The molecule has 0 bridgehead atoms. The largest absolute Gasteiger partial charge is 0.416 e. The molecule has 0 saturated carbocycles. The van der Waals surface area contributed by atoms with Gasteiger partial charge in [-0.05, 0) is 32.0 Å².